The van der Waals surface area contributed by atoms with Crippen molar-refractivity contribution < 1.29 is 19.1 Å². The van der Waals surface area contributed by atoms with Crippen molar-refractivity contribution in [3.05, 3.63) is 18.2 Å². The van der Waals surface area contributed by atoms with E-state index in [1.54, 1.807) is 20.1 Å². The van der Waals surface area contributed by atoms with Crippen molar-refractivity contribution in [3.8, 4) is 5.75 Å². The second-order valence-corrected chi connectivity index (χ2v) is 5.21. The van der Waals surface area contributed by atoms with Crippen molar-refractivity contribution in [1.82, 2.24) is 0 Å². The Hall–Kier alpha value is -1.69. The standard InChI is InChI=1S/C13H15NO4S/c1-3-18-12(15)7-11-13(16)14-9-6-8(17-2)4-5-10(9)19-11/h4-6,11H,3,7H2,1-2H3,(H,14,16). The van der Waals surface area contributed by atoms with E-state index in [0.29, 0.717) is 12.4 Å². The van der Waals surface area contributed by atoms with E-state index in [1.165, 1.54) is 11.8 Å². The molecule has 19 heavy (non-hydrogen) atoms. The zero-order valence-corrected chi connectivity index (χ0v) is 11.6. The van der Waals surface area contributed by atoms with E-state index in [0.717, 1.165) is 10.6 Å². The van der Waals surface area contributed by atoms with E-state index in [1.807, 2.05) is 12.1 Å². The van der Waals surface area contributed by atoms with Gasteiger partial charge in [0.2, 0.25) is 5.91 Å². The average Bonchev–Trinajstić information content (AvgIpc) is 2.39. The van der Waals surface area contributed by atoms with Crippen LogP contribution in [0.3, 0.4) is 0 Å². The van der Waals surface area contributed by atoms with Crippen molar-refractivity contribution in [3.63, 3.8) is 0 Å². The number of amides is 1. The third kappa shape index (κ3) is 3.20. The SMILES string of the molecule is CCOC(=O)CC1Sc2ccc(OC)cc2NC1=O. The Morgan fingerprint density at radius 1 is 1.47 bits per heavy atom. The second-order valence-electron chi connectivity index (χ2n) is 3.97. The van der Waals surface area contributed by atoms with Crippen molar-refractivity contribution in [1.29, 1.82) is 0 Å². The van der Waals surface area contributed by atoms with Gasteiger partial charge in [-0.15, -0.1) is 11.8 Å². The first-order chi connectivity index (χ1) is 9.13. The summed E-state index contributed by atoms with van der Waals surface area (Å²) in [6.45, 7) is 2.07. The second kappa shape index (κ2) is 5.97. The number of carbonyl (C=O) groups excluding carboxylic acids is 2. The van der Waals surface area contributed by atoms with Gasteiger partial charge in [-0.2, -0.15) is 0 Å². The molecule has 1 aromatic rings. The predicted octanol–water partition coefficient (Wildman–Crippen LogP) is 2.06. The number of methoxy groups -OCH3 is 1. The highest BCUT2D eigenvalue weighted by atomic mass is 32.2. The molecule has 1 aliphatic heterocycles. The van der Waals surface area contributed by atoms with E-state index >= 15 is 0 Å². The molecule has 1 aromatic carbocycles. The van der Waals surface area contributed by atoms with Crippen LogP contribution in [0, 0.1) is 0 Å². The van der Waals surface area contributed by atoms with Gasteiger partial charge in [-0.3, -0.25) is 9.59 Å². The summed E-state index contributed by atoms with van der Waals surface area (Å²) in [6, 6.07) is 5.46. The molecule has 0 radical (unpaired) electrons. The topological polar surface area (TPSA) is 64.6 Å². The molecule has 0 fully saturated rings. The lowest BCUT2D eigenvalue weighted by Crippen LogP contribution is -2.31. The number of rotatable bonds is 4. The molecule has 1 aliphatic rings. The van der Waals surface area contributed by atoms with Crippen LogP contribution in [0.25, 0.3) is 0 Å². The van der Waals surface area contributed by atoms with Gasteiger partial charge in [0.25, 0.3) is 0 Å². The van der Waals surface area contributed by atoms with Crippen LogP contribution in [0.5, 0.6) is 5.75 Å². The maximum Gasteiger partial charge on any atom is 0.307 e. The van der Waals surface area contributed by atoms with Crippen molar-refractivity contribution in [2.24, 2.45) is 0 Å². The number of esters is 1. The number of benzene rings is 1. The highest BCUT2D eigenvalue weighted by Crippen LogP contribution is 2.38. The van der Waals surface area contributed by atoms with Crippen LogP contribution in [0.4, 0.5) is 5.69 Å². The summed E-state index contributed by atoms with van der Waals surface area (Å²) in [5.41, 5.74) is 0.717. The first-order valence-electron chi connectivity index (χ1n) is 5.95. The minimum atomic E-state index is -0.444. The Morgan fingerprint density at radius 2 is 2.26 bits per heavy atom. The fraction of sp³-hybridized carbons (Fsp3) is 0.385. The molecule has 102 valence electrons. The lowest BCUT2D eigenvalue weighted by atomic mass is 10.2. The first-order valence-corrected chi connectivity index (χ1v) is 6.83. The van der Waals surface area contributed by atoms with Gasteiger partial charge in [0.1, 0.15) is 5.75 Å². The van der Waals surface area contributed by atoms with E-state index in [-0.39, 0.29) is 18.3 Å². The summed E-state index contributed by atoms with van der Waals surface area (Å²) in [7, 11) is 1.57. The molecule has 1 atom stereocenters. The largest absolute Gasteiger partial charge is 0.497 e. The summed E-state index contributed by atoms with van der Waals surface area (Å²) in [6.07, 6.45) is 0.0792. The number of fused-ring (bicyclic) bond motifs is 1. The van der Waals surface area contributed by atoms with E-state index in [4.69, 9.17) is 9.47 Å². The van der Waals surface area contributed by atoms with E-state index < -0.39 is 5.25 Å². The summed E-state index contributed by atoms with van der Waals surface area (Å²) >= 11 is 1.37. The molecular weight excluding hydrogens is 266 g/mol. The van der Waals surface area contributed by atoms with Crippen LogP contribution < -0.4 is 10.1 Å². The third-order valence-electron chi connectivity index (χ3n) is 2.66. The van der Waals surface area contributed by atoms with Gasteiger partial charge in [0, 0.05) is 11.0 Å². The summed E-state index contributed by atoms with van der Waals surface area (Å²) < 4.78 is 9.97. The number of carbonyl (C=O) groups is 2. The monoisotopic (exact) mass is 281 g/mol. The van der Waals surface area contributed by atoms with Gasteiger partial charge in [0.05, 0.1) is 31.1 Å². The van der Waals surface area contributed by atoms with Crippen LogP contribution in [-0.2, 0) is 14.3 Å². The summed E-state index contributed by atoms with van der Waals surface area (Å²) in [5, 5.41) is 2.34. The molecule has 1 N–H and O–H groups in total. The molecule has 0 aliphatic carbocycles. The zero-order chi connectivity index (χ0) is 13.8. The van der Waals surface area contributed by atoms with Crippen LogP contribution in [0.2, 0.25) is 0 Å². The molecule has 0 spiro atoms. The predicted molar refractivity (Wildman–Crippen MR) is 72.5 cm³/mol. The van der Waals surface area contributed by atoms with Gasteiger partial charge in [-0.1, -0.05) is 0 Å². The number of anilines is 1. The molecule has 1 heterocycles. The maximum atomic E-state index is 11.9. The van der Waals surface area contributed by atoms with Crippen molar-refractivity contribution in [2.75, 3.05) is 19.0 Å². The molecule has 5 nitrogen and oxygen atoms in total. The molecule has 2 rings (SSSR count). The molecule has 0 saturated carbocycles. The lowest BCUT2D eigenvalue weighted by molar-refractivity contribution is -0.143. The molecule has 0 aromatic heterocycles. The lowest BCUT2D eigenvalue weighted by Gasteiger charge is -2.23. The minimum absolute atomic E-state index is 0.0792. The van der Waals surface area contributed by atoms with Gasteiger partial charge < -0.3 is 14.8 Å². The van der Waals surface area contributed by atoms with Gasteiger partial charge >= 0.3 is 5.97 Å². The molecule has 0 saturated heterocycles. The highest BCUT2D eigenvalue weighted by molar-refractivity contribution is 8.01. The van der Waals surface area contributed by atoms with Gasteiger partial charge in [-0.25, -0.2) is 0 Å². The van der Waals surface area contributed by atoms with Crippen LogP contribution in [0.15, 0.2) is 23.1 Å². The summed E-state index contributed by atoms with van der Waals surface area (Å²) in [5.74, 6) is 0.148. The molecular formula is C13H15NO4S. The summed E-state index contributed by atoms with van der Waals surface area (Å²) in [4.78, 5) is 24.3. The average molecular weight is 281 g/mol. The number of ether oxygens (including phenoxy) is 2. The van der Waals surface area contributed by atoms with Crippen LogP contribution >= 0.6 is 11.8 Å². The van der Waals surface area contributed by atoms with Crippen molar-refractivity contribution >= 4 is 29.3 Å². The normalized spacial score (nSPS) is 17.4. The van der Waals surface area contributed by atoms with Crippen LogP contribution in [-0.4, -0.2) is 30.8 Å². The Kier molecular flexibility index (Phi) is 4.31. The third-order valence-corrected chi connectivity index (χ3v) is 3.94. The smallest absolute Gasteiger partial charge is 0.307 e. The van der Waals surface area contributed by atoms with Crippen LogP contribution in [0.1, 0.15) is 13.3 Å². The number of hydrogen-bond acceptors (Lipinski definition) is 5. The van der Waals surface area contributed by atoms with Gasteiger partial charge in [-0.05, 0) is 19.1 Å². The van der Waals surface area contributed by atoms with Crippen molar-refractivity contribution in [2.45, 2.75) is 23.5 Å². The zero-order valence-electron chi connectivity index (χ0n) is 10.8. The van der Waals surface area contributed by atoms with Gasteiger partial charge in [0.15, 0.2) is 0 Å². The Balaban J connectivity index is 2.11. The van der Waals surface area contributed by atoms with E-state index in [9.17, 15) is 9.59 Å². The first kappa shape index (κ1) is 13.7. The number of nitrogens with one attached hydrogen (secondary N) is 1. The molecule has 6 heteroatoms. The molecule has 1 unspecified atom stereocenters. The molecule has 1 amide bonds. The number of hydrogen-bond donors (Lipinski definition) is 1. The quantitative estimate of drug-likeness (QED) is 0.856. The Morgan fingerprint density at radius 3 is 2.95 bits per heavy atom. The fourth-order valence-electron chi connectivity index (χ4n) is 1.76. The Bertz CT molecular complexity index is 503. The minimum Gasteiger partial charge on any atom is -0.497 e. The highest BCUT2D eigenvalue weighted by Gasteiger charge is 2.29. The maximum absolute atomic E-state index is 11.9. The Labute approximate surface area is 115 Å². The van der Waals surface area contributed by atoms with E-state index in [2.05, 4.69) is 5.32 Å². The molecule has 0 bridgehead atoms. The number of thioether (sulfide) groups is 1. The fourth-order valence-corrected chi connectivity index (χ4v) is 2.84.